The van der Waals surface area contributed by atoms with Gasteiger partial charge in [0.2, 0.25) is 0 Å². The molecule has 2 aromatic rings. The lowest BCUT2D eigenvalue weighted by molar-refractivity contribution is -0.605. The third-order valence-corrected chi connectivity index (χ3v) is 4.54. The summed E-state index contributed by atoms with van der Waals surface area (Å²) in [6.07, 6.45) is 4.09. The summed E-state index contributed by atoms with van der Waals surface area (Å²) in [5, 5.41) is 13.4. The average molecular weight is 369 g/mol. The van der Waals surface area contributed by atoms with Crippen LogP contribution < -0.4 is 10.0 Å². The van der Waals surface area contributed by atoms with Crippen molar-refractivity contribution in [3.05, 3.63) is 76.1 Å². The maximum Gasteiger partial charge on any atom is 0.293 e. The molecule has 1 fully saturated rings. The van der Waals surface area contributed by atoms with Gasteiger partial charge in [0.15, 0.2) is 12.4 Å². The van der Waals surface area contributed by atoms with Crippen LogP contribution in [-0.4, -0.2) is 35.0 Å². The minimum Gasteiger partial charge on any atom is -0.619 e. The van der Waals surface area contributed by atoms with Gasteiger partial charge in [-0.05, 0) is 29.5 Å². The molecule has 1 saturated heterocycles. The molecule has 1 aromatic heterocycles. The van der Waals surface area contributed by atoms with Crippen molar-refractivity contribution in [1.82, 2.24) is 10.2 Å². The highest BCUT2D eigenvalue weighted by molar-refractivity contribution is 8.18. The Hall–Kier alpha value is -3.13. The van der Waals surface area contributed by atoms with E-state index >= 15 is 0 Å². The molecule has 0 radical (unpaired) electrons. The molecule has 0 atom stereocenters. The second kappa shape index (κ2) is 7.83. The van der Waals surface area contributed by atoms with Crippen LogP contribution in [-0.2, 0) is 4.79 Å². The highest BCUT2D eigenvalue weighted by Gasteiger charge is 2.34. The molecule has 0 saturated carbocycles. The highest BCUT2D eigenvalue weighted by atomic mass is 32.2. The molecule has 8 heteroatoms. The Morgan fingerprint density at radius 3 is 2.69 bits per heavy atom. The van der Waals surface area contributed by atoms with Gasteiger partial charge >= 0.3 is 0 Å². The van der Waals surface area contributed by atoms with Crippen LogP contribution in [0.4, 0.5) is 4.79 Å². The molecule has 1 aromatic carbocycles. The van der Waals surface area contributed by atoms with E-state index in [0.717, 1.165) is 28.4 Å². The van der Waals surface area contributed by atoms with Crippen molar-refractivity contribution in [2.45, 2.75) is 0 Å². The summed E-state index contributed by atoms with van der Waals surface area (Å²) in [5.74, 6) is -0.822. The minimum atomic E-state index is -0.443. The second-order valence-electron chi connectivity index (χ2n) is 5.45. The number of hydrogen-bond donors (Lipinski definition) is 1. The maximum atomic E-state index is 12.4. The van der Waals surface area contributed by atoms with Gasteiger partial charge in [-0.15, -0.1) is 0 Å². The standard InChI is InChI=1S/C18H15N3O4S/c22-16(14-7-4-9-20(25)12-14)19-8-10-21-17(23)15(26-18(21)24)11-13-5-2-1-3-6-13/h1-7,9,11-12H,8,10H2,(H,19,22)/b15-11-. The van der Waals surface area contributed by atoms with Crippen molar-refractivity contribution in [2.24, 2.45) is 0 Å². The largest absolute Gasteiger partial charge is 0.619 e. The number of nitrogens with zero attached hydrogens (tertiary/aromatic N) is 2. The Kier molecular flexibility index (Phi) is 5.33. The number of carbonyl (C=O) groups is 3. The summed E-state index contributed by atoms with van der Waals surface area (Å²) in [6.45, 7) is 0.163. The van der Waals surface area contributed by atoms with Crippen LogP contribution in [0.1, 0.15) is 15.9 Å². The van der Waals surface area contributed by atoms with E-state index in [-0.39, 0.29) is 29.8 Å². The van der Waals surface area contributed by atoms with Gasteiger partial charge in [-0.2, -0.15) is 4.73 Å². The first kappa shape index (κ1) is 17.7. The fourth-order valence-corrected chi connectivity index (χ4v) is 3.23. The summed E-state index contributed by atoms with van der Waals surface area (Å²) < 4.78 is 0.528. The average Bonchev–Trinajstić information content (AvgIpc) is 2.90. The molecule has 1 aliphatic rings. The number of imide groups is 1. The van der Waals surface area contributed by atoms with E-state index in [9.17, 15) is 19.6 Å². The van der Waals surface area contributed by atoms with E-state index in [4.69, 9.17) is 0 Å². The zero-order valence-electron chi connectivity index (χ0n) is 13.6. The zero-order valence-corrected chi connectivity index (χ0v) is 14.4. The second-order valence-corrected chi connectivity index (χ2v) is 6.45. The number of hydrogen-bond acceptors (Lipinski definition) is 5. The van der Waals surface area contributed by atoms with Gasteiger partial charge in [-0.3, -0.25) is 19.3 Å². The number of rotatable bonds is 5. The van der Waals surface area contributed by atoms with Crippen molar-refractivity contribution in [3.63, 3.8) is 0 Å². The van der Waals surface area contributed by atoms with Crippen molar-refractivity contribution < 1.29 is 19.1 Å². The van der Waals surface area contributed by atoms with Crippen LogP contribution in [0, 0.1) is 5.21 Å². The van der Waals surface area contributed by atoms with Crippen molar-refractivity contribution in [3.8, 4) is 0 Å². The van der Waals surface area contributed by atoms with Crippen LogP contribution in [0.2, 0.25) is 0 Å². The number of benzene rings is 1. The molecule has 2 heterocycles. The maximum absolute atomic E-state index is 12.4. The topological polar surface area (TPSA) is 93.4 Å². The molecule has 26 heavy (non-hydrogen) atoms. The third kappa shape index (κ3) is 4.09. The van der Waals surface area contributed by atoms with E-state index < -0.39 is 5.91 Å². The molecule has 1 N–H and O–H groups in total. The van der Waals surface area contributed by atoms with Gasteiger partial charge in [-0.1, -0.05) is 30.3 Å². The molecule has 0 bridgehead atoms. The van der Waals surface area contributed by atoms with Gasteiger partial charge in [0, 0.05) is 19.2 Å². The van der Waals surface area contributed by atoms with E-state index in [1.54, 1.807) is 6.08 Å². The number of nitrogens with one attached hydrogen (secondary N) is 1. The Morgan fingerprint density at radius 1 is 1.19 bits per heavy atom. The normalized spacial score (nSPS) is 15.5. The van der Waals surface area contributed by atoms with Crippen molar-refractivity contribution in [1.29, 1.82) is 0 Å². The molecule has 7 nitrogen and oxygen atoms in total. The molecule has 0 spiro atoms. The van der Waals surface area contributed by atoms with Gasteiger partial charge in [0.25, 0.3) is 17.1 Å². The van der Waals surface area contributed by atoms with Crippen molar-refractivity contribution in [2.75, 3.05) is 13.1 Å². The fourth-order valence-electron chi connectivity index (χ4n) is 2.37. The zero-order chi connectivity index (χ0) is 18.5. The van der Waals surface area contributed by atoms with E-state index in [1.807, 2.05) is 30.3 Å². The fraction of sp³-hybridized carbons (Fsp3) is 0.111. The first-order chi connectivity index (χ1) is 12.5. The molecule has 132 valence electrons. The number of pyridine rings is 1. The van der Waals surface area contributed by atoms with Crippen LogP contribution in [0.5, 0.6) is 0 Å². The number of amides is 3. The first-order valence-electron chi connectivity index (χ1n) is 7.82. The lowest BCUT2D eigenvalue weighted by Gasteiger charge is -2.12. The van der Waals surface area contributed by atoms with Crippen LogP contribution in [0.15, 0.2) is 59.8 Å². The molecule has 1 aliphatic heterocycles. The molecular formula is C18H15N3O4S. The monoisotopic (exact) mass is 369 g/mol. The van der Waals surface area contributed by atoms with Gasteiger partial charge in [0.05, 0.1) is 4.91 Å². The van der Waals surface area contributed by atoms with Crippen molar-refractivity contribution >= 4 is 34.9 Å². The Labute approximate surface area is 153 Å². The Morgan fingerprint density at radius 2 is 1.96 bits per heavy atom. The quantitative estimate of drug-likeness (QED) is 0.493. The Balaban J connectivity index is 1.58. The predicted molar refractivity (Wildman–Crippen MR) is 96.9 cm³/mol. The number of thioether (sulfide) groups is 1. The highest BCUT2D eigenvalue weighted by Crippen LogP contribution is 2.31. The van der Waals surface area contributed by atoms with Crippen LogP contribution >= 0.6 is 11.8 Å². The molecule has 0 unspecified atom stereocenters. The van der Waals surface area contributed by atoms with E-state index in [0.29, 0.717) is 9.64 Å². The van der Waals surface area contributed by atoms with Crippen LogP contribution in [0.25, 0.3) is 6.08 Å². The summed E-state index contributed by atoms with van der Waals surface area (Å²) in [5.41, 5.74) is 1.04. The van der Waals surface area contributed by atoms with Gasteiger partial charge in [-0.25, -0.2) is 0 Å². The lowest BCUT2D eigenvalue weighted by atomic mass is 10.2. The molecule has 3 amide bonds. The smallest absolute Gasteiger partial charge is 0.293 e. The lowest BCUT2D eigenvalue weighted by Crippen LogP contribution is -2.38. The summed E-state index contributed by atoms with van der Waals surface area (Å²) in [4.78, 5) is 37.8. The summed E-state index contributed by atoms with van der Waals surface area (Å²) in [7, 11) is 0. The SMILES string of the molecule is O=C(NCCN1C(=O)S/C(=C\c2ccccc2)C1=O)c1ccc[n+]([O-])c1. The van der Waals surface area contributed by atoms with Gasteiger partial charge in [0.1, 0.15) is 5.56 Å². The number of carbonyl (C=O) groups excluding carboxylic acids is 3. The van der Waals surface area contributed by atoms with E-state index in [2.05, 4.69) is 5.32 Å². The third-order valence-electron chi connectivity index (χ3n) is 3.63. The molecule has 0 aliphatic carbocycles. The minimum absolute atomic E-state index is 0.0622. The molecular weight excluding hydrogens is 354 g/mol. The predicted octanol–water partition coefficient (Wildman–Crippen LogP) is 1.79. The first-order valence-corrected chi connectivity index (χ1v) is 8.64. The van der Waals surface area contributed by atoms with Crippen LogP contribution in [0.3, 0.4) is 0 Å². The summed E-state index contributed by atoms with van der Waals surface area (Å²) in [6, 6.07) is 12.2. The number of aromatic nitrogens is 1. The molecule has 3 rings (SSSR count). The van der Waals surface area contributed by atoms with Gasteiger partial charge < -0.3 is 10.5 Å². The summed E-state index contributed by atoms with van der Waals surface area (Å²) >= 11 is 0.875. The Bertz CT molecular complexity index is 883. The van der Waals surface area contributed by atoms with E-state index in [1.165, 1.54) is 18.3 Å².